The van der Waals surface area contributed by atoms with Crippen LogP contribution in [0.5, 0.6) is 0 Å². The van der Waals surface area contributed by atoms with Gasteiger partial charge >= 0.3 is 0 Å². The maximum absolute atomic E-state index is 12.3. The van der Waals surface area contributed by atoms with E-state index in [0.717, 1.165) is 11.4 Å². The van der Waals surface area contributed by atoms with E-state index in [-0.39, 0.29) is 11.3 Å². The minimum Gasteiger partial charge on any atom is -0.305 e. The molecule has 3 aromatic rings. The highest BCUT2D eigenvalue weighted by atomic mass is 32.2. The number of aromatic amines is 1. The quantitative estimate of drug-likeness (QED) is 0.518. The van der Waals surface area contributed by atoms with Gasteiger partial charge in [0.05, 0.1) is 9.82 Å². The molecule has 0 spiro atoms. The van der Waals surface area contributed by atoms with Crippen molar-refractivity contribution < 1.29 is 9.72 Å². The van der Waals surface area contributed by atoms with Gasteiger partial charge in [-0.05, 0) is 26.0 Å². The number of nitrogens with zero attached hydrogens (tertiary/aromatic N) is 3. The number of hydrogen-bond acceptors (Lipinski definition) is 7. The molecule has 8 nitrogen and oxygen atoms in total. The summed E-state index contributed by atoms with van der Waals surface area (Å²) >= 11 is 2.63. The van der Waals surface area contributed by atoms with Gasteiger partial charge in [0.1, 0.15) is 0 Å². The number of aromatic nitrogens is 3. The standard InChI is InChI=1S/C15H13N5O3S2/c1-8-5-13(19-18-8)17-14(21)10-3-4-12(11(6-10)20(22)23)25-15-16-9(2)7-24-15/h3-7H,1-2H3,(H2,17,18,19,21). The van der Waals surface area contributed by atoms with E-state index in [1.165, 1.54) is 29.2 Å². The molecular weight excluding hydrogens is 362 g/mol. The van der Waals surface area contributed by atoms with Crippen molar-refractivity contribution in [2.24, 2.45) is 0 Å². The highest BCUT2D eigenvalue weighted by Gasteiger charge is 2.20. The lowest BCUT2D eigenvalue weighted by molar-refractivity contribution is -0.387. The molecule has 25 heavy (non-hydrogen) atoms. The van der Waals surface area contributed by atoms with E-state index in [9.17, 15) is 14.9 Å². The van der Waals surface area contributed by atoms with Gasteiger partial charge < -0.3 is 5.32 Å². The third-order valence-electron chi connectivity index (χ3n) is 3.16. The minimum atomic E-state index is -0.502. The van der Waals surface area contributed by atoms with Crippen molar-refractivity contribution in [2.75, 3.05) is 5.32 Å². The van der Waals surface area contributed by atoms with Gasteiger partial charge in [0.2, 0.25) is 0 Å². The zero-order valence-electron chi connectivity index (χ0n) is 13.3. The molecule has 0 saturated heterocycles. The van der Waals surface area contributed by atoms with Crippen molar-refractivity contribution in [1.82, 2.24) is 15.2 Å². The molecule has 2 N–H and O–H groups in total. The number of H-pyrrole nitrogens is 1. The molecule has 10 heteroatoms. The van der Waals surface area contributed by atoms with Crippen LogP contribution in [0.1, 0.15) is 21.7 Å². The summed E-state index contributed by atoms with van der Waals surface area (Å²) in [6.07, 6.45) is 0. The summed E-state index contributed by atoms with van der Waals surface area (Å²) < 4.78 is 0.713. The van der Waals surface area contributed by atoms with Crippen LogP contribution in [-0.4, -0.2) is 26.0 Å². The predicted octanol–water partition coefficient (Wildman–Crippen LogP) is 3.79. The Labute approximate surface area is 150 Å². The number of benzene rings is 1. The van der Waals surface area contributed by atoms with Crippen LogP contribution in [0.2, 0.25) is 0 Å². The van der Waals surface area contributed by atoms with Gasteiger partial charge in [-0.3, -0.25) is 20.0 Å². The van der Waals surface area contributed by atoms with E-state index in [0.29, 0.717) is 15.1 Å². The molecule has 3 rings (SSSR count). The maximum Gasteiger partial charge on any atom is 0.284 e. The van der Waals surface area contributed by atoms with Gasteiger partial charge in [-0.15, -0.1) is 11.3 Å². The molecule has 1 aromatic carbocycles. The Balaban J connectivity index is 1.85. The summed E-state index contributed by atoms with van der Waals surface area (Å²) in [5, 5.41) is 22.5. The average molecular weight is 375 g/mol. The molecule has 2 heterocycles. The Kier molecular flexibility index (Phi) is 4.81. The second kappa shape index (κ2) is 7.03. The second-order valence-corrected chi connectivity index (χ2v) is 7.33. The number of hydrogen-bond donors (Lipinski definition) is 2. The van der Waals surface area contributed by atoms with Crippen molar-refractivity contribution in [3.63, 3.8) is 0 Å². The van der Waals surface area contributed by atoms with Crippen LogP contribution < -0.4 is 5.32 Å². The van der Waals surface area contributed by atoms with E-state index >= 15 is 0 Å². The van der Waals surface area contributed by atoms with Crippen molar-refractivity contribution in [1.29, 1.82) is 0 Å². The van der Waals surface area contributed by atoms with Crippen LogP contribution in [-0.2, 0) is 0 Å². The van der Waals surface area contributed by atoms with E-state index in [2.05, 4.69) is 20.5 Å². The highest BCUT2D eigenvalue weighted by Crippen LogP contribution is 2.36. The molecule has 0 saturated carbocycles. The Bertz CT molecular complexity index is 950. The summed E-state index contributed by atoms with van der Waals surface area (Å²) in [4.78, 5) is 27.9. The zero-order chi connectivity index (χ0) is 18.0. The lowest BCUT2D eigenvalue weighted by atomic mass is 10.2. The van der Waals surface area contributed by atoms with E-state index in [1.54, 1.807) is 25.1 Å². The third-order valence-corrected chi connectivity index (χ3v) is 5.28. The number of nitro benzene ring substituents is 1. The fourth-order valence-electron chi connectivity index (χ4n) is 2.03. The lowest BCUT2D eigenvalue weighted by Crippen LogP contribution is -2.12. The Morgan fingerprint density at radius 3 is 2.76 bits per heavy atom. The zero-order valence-corrected chi connectivity index (χ0v) is 14.9. The van der Waals surface area contributed by atoms with Crippen molar-refractivity contribution in [3.8, 4) is 0 Å². The monoisotopic (exact) mass is 375 g/mol. The molecule has 1 amide bonds. The molecule has 2 aromatic heterocycles. The summed E-state index contributed by atoms with van der Waals surface area (Å²) in [6, 6.07) is 6.04. The highest BCUT2D eigenvalue weighted by molar-refractivity contribution is 8.01. The van der Waals surface area contributed by atoms with E-state index in [4.69, 9.17) is 0 Å². The first-order valence-corrected chi connectivity index (χ1v) is 8.84. The number of thiazole rings is 1. The van der Waals surface area contributed by atoms with Crippen LogP contribution in [0.15, 0.2) is 38.9 Å². The summed E-state index contributed by atoms with van der Waals surface area (Å²) in [7, 11) is 0. The molecule has 128 valence electrons. The Morgan fingerprint density at radius 2 is 2.16 bits per heavy atom. The molecule has 0 unspecified atom stereocenters. The number of carbonyl (C=O) groups excluding carboxylic acids is 1. The summed E-state index contributed by atoms with van der Waals surface area (Å²) in [5.41, 5.74) is 1.71. The Hall–Kier alpha value is -2.72. The second-order valence-electron chi connectivity index (χ2n) is 5.19. The van der Waals surface area contributed by atoms with Gasteiger partial charge in [0.15, 0.2) is 10.2 Å². The van der Waals surface area contributed by atoms with Crippen LogP contribution in [0, 0.1) is 24.0 Å². The molecule has 0 fully saturated rings. The number of amides is 1. The average Bonchev–Trinajstić information content (AvgIpc) is 3.15. The summed E-state index contributed by atoms with van der Waals surface area (Å²) in [6.45, 7) is 3.67. The number of aryl methyl sites for hydroxylation is 2. The van der Waals surface area contributed by atoms with Crippen LogP contribution in [0.25, 0.3) is 0 Å². The van der Waals surface area contributed by atoms with Crippen LogP contribution in [0.3, 0.4) is 0 Å². The van der Waals surface area contributed by atoms with Gasteiger partial charge in [0.25, 0.3) is 11.6 Å². The minimum absolute atomic E-state index is 0.135. The first kappa shape index (κ1) is 17.1. The normalized spacial score (nSPS) is 10.6. The SMILES string of the molecule is Cc1csc(Sc2ccc(C(=O)Nc3cc(C)[nH]n3)cc2[N+](=O)[O-])n1. The maximum atomic E-state index is 12.3. The topological polar surface area (TPSA) is 114 Å². The van der Waals surface area contributed by atoms with Gasteiger partial charge in [-0.2, -0.15) is 5.10 Å². The molecular formula is C15H13N5O3S2. The smallest absolute Gasteiger partial charge is 0.284 e. The predicted molar refractivity (Wildman–Crippen MR) is 95.3 cm³/mol. The number of nitrogens with one attached hydrogen (secondary N) is 2. The van der Waals surface area contributed by atoms with E-state index in [1.807, 2.05) is 12.3 Å². The first-order valence-electron chi connectivity index (χ1n) is 7.14. The van der Waals surface area contributed by atoms with Gasteiger partial charge in [-0.1, -0.05) is 11.8 Å². The molecule has 0 bridgehead atoms. The molecule has 0 aliphatic carbocycles. The first-order chi connectivity index (χ1) is 11.9. The van der Waals surface area contributed by atoms with Crippen molar-refractivity contribution in [2.45, 2.75) is 23.1 Å². The van der Waals surface area contributed by atoms with Gasteiger partial charge in [0, 0.05) is 34.5 Å². The molecule has 0 aliphatic heterocycles. The number of carbonyl (C=O) groups is 1. The third kappa shape index (κ3) is 4.03. The molecule has 0 aliphatic rings. The van der Waals surface area contributed by atoms with E-state index < -0.39 is 10.8 Å². The Morgan fingerprint density at radius 1 is 1.36 bits per heavy atom. The van der Waals surface area contributed by atoms with Crippen LogP contribution in [0.4, 0.5) is 11.5 Å². The van der Waals surface area contributed by atoms with Gasteiger partial charge in [-0.25, -0.2) is 4.98 Å². The fourth-order valence-corrected chi connectivity index (χ4v) is 3.91. The number of nitro groups is 1. The summed E-state index contributed by atoms with van der Waals surface area (Å²) in [5.74, 6) is -0.0990. The van der Waals surface area contributed by atoms with Crippen molar-refractivity contribution >= 4 is 40.5 Å². The van der Waals surface area contributed by atoms with Crippen molar-refractivity contribution in [3.05, 3.63) is 56.7 Å². The molecule has 0 radical (unpaired) electrons. The largest absolute Gasteiger partial charge is 0.305 e. The lowest BCUT2D eigenvalue weighted by Gasteiger charge is -2.05. The van der Waals surface area contributed by atoms with Crippen LogP contribution >= 0.6 is 23.1 Å². The molecule has 0 atom stereocenters. The number of anilines is 1. The fraction of sp³-hybridized carbons (Fsp3) is 0.133. The number of rotatable bonds is 5.